The topological polar surface area (TPSA) is 141 Å². The lowest BCUT2D eigenvalue weighted by atomic mass is 9.51. The predicted octanol–water partition coefficient (Wildman–Crippen LogP) is 1.77. The second-order valence-electron chi connectivity index (χ2n) is 15.3. The molecule has 2 saturated heterocycles. The van der Waals surface area contributed by atoms with E-state index < -0.39 is 53.0 Å². The maximum atomic E-state index is 13.7. The van der Waals surface area contributed by atoms with Gasteiger partial charge in [-0.3, -0.25) is 0 Å². The number of aliphatic hydroxyl groups excluding tert-OH is 2. The Morgan fingerprint density at radius 3 is 1.63 bits per heavy atom. The molecular formula is C35H40N2O9. The Labute approximate surface area is 266 Å². The van der Waals surface area contributed by atoms with Gasteiger partial charge in [-0.1, -0.05) is 36.5 Å². The first-order valence-corrected chi connectivity index (χ1v) is 16.7. The zero-order chi connectivity index (χ0) is 31.5. The average molecular weight is 633 g/mol. The third-order valence-corrected chi connectivity index (χ3v) is 13.4. The van der Waals surface area contributed by atoms with Gasteiger partial charge in [-0.2, -0.15) is 0 Å². The second-order valence-corrected chi connectivity index (χ2v) is 15.3. The van der Waals surface area contributed by atoms with Crippen molar-refractivity contribution in [2.24, 2.45) is 22.7 Å². The van der Waals surface area contributed by atoms with E-state index in [4.69, 9.17) is 18.9 Å². The average Bonchev–Trinajstić information content (AvgIpc) is 3.57. The molecule has 11 heteroatoms. The molecule has 4 N–H and O–H groups in total. The van der Waals surface area contributed by atoms with E-state index in [2.05, 4.69) is 36.0 Å². The van der Waals surface area contributed by atoms with Gasteiger partial charge in [0.2, 0.25) is 0 Å². The summed E-state index contributed by atoms with van der Waals surface area (Å²) < 4.78 is 24.3. The van der Waals surface area contributed by atoms with Crippen molar-refractivity contribution in [3.63, 3.8) is 0 Å². The molecule has 244 valence electrons. The van der Waals surface area contributed by atoms with Crippen molar-refractivity contribution in [3.05, 3.63) is 70.3 Å². The second kappa shape index (κ2) is 8.75. The van der Waals surface area contributed by atoms with Crippen molar-refractivity contribution in [2.45, 2.75) is 86.6 Å². The van der Waals surface area contributed by atoms with Gasteiger partial charge >= 0.3 is 6.16 Å². The summed E-state index contributed by atoms with van der Waals surface area (Å²) in [5.41, 5.74) is 2.71. The smallest absolute Gasteiger partial charge is 0.483 e. The number of carbonyl (C=O) groups is 1. The van der Waals surface area contributed by atoms with Crippen LogP contribution >= 0.6 is 0 Å². The highest BCUT2D eigenvalue weighted by Gasteiger charge is 2.70. The predicted molar refractivity (Wildman–Crippen MR) is 160 cm³/mol. The summed E-state index contributed by atoms with van der Waals surface area (Å²) in [5, 5.41) is 46.2. The molecule has 4 aliphatic heterocycles. The summed E-state index contributed by atoms with van der Waals surface area (Å²) in [7, 11) is 4.25. The molecule has 2 unspecified atom stereocenters. The van der Waals surface area contributed by atoms with Crippen molar-refractivity contribution < 1.29 is 44.2 Å². The third-order valence-electron chi connectivity index (χ3n) is 13.4. The van der Waals surface area contributed by atoms with Crippen LogP contribution in [0.1, 0.15) is 38.5 Å². The number of aliphatic hydroxyl groups is 4. The van der Waals surface area contributed by atoms with E-state index in [1.54, 1.807) is 12.2 Å². The Bertz CT molecular complexity index is 1540. The van der Waals surface area contributed by atoms with Crippen LogP contribution in [0.5, 0.6) is 0 Å². The molecule has 4 fully saturated rings. The van der Waals surface area contributed by atoms with Gasteiger partial charge in [0.25, 0.3) is 11.6 Å². The van der Waals surface area contributed by atoms with Crippen LogP contribution in [0.2, 0.25) is 0 Å². The minimum Gasteiger partial charge on any atom is -0.483 e. The van der Waals surface area contributed by atoms with Gasteiger partial charge in [-0.15, -0.1) is 0 Å². The van der Waals surface area contributed by atoms with Gasteiger partial charge in [0, 0.05) is 58.7 Å². The quantitative estimate of drug-likeness (QED) is 0.201. The number of piperidine rings is 2. The molecule has 0 aromatic rings. The SMILES string of the molecule is CN1CC[C@]23C4=C5O[C@H]2[C@@H](O)C=C[C@H]3[C@H]1CC4=CCC5(O)OC(=O)OC1(O)CC=C2C[C@@H]3[C@@H]4C=C[C@H](O)[C@@H]5OC1=C2[C@]45CCN3C. The van der Waals surface area contributed by atoms with Crippen LogP contribution in [0.15, 0.2) is 70.3 Å². The van der Waals surface area contributed by atoms with Crippen LogP contribution in [-0.2, 0) is 18.9 Å². The lowest BCUT2D eigenvalue weighted by Gasteiger charge is -2.58. The summed E-state index contributed by atoms with van der Waals surface area (Å²) in [6.07, 6.45) is 10.3. The lowest BCUT2D eigenvalue weighted by molar-refractivity contribution is -0.222. The van der Waals surface area contributed by atoms with Gasteiger partial charge in [-0.05, 0) is 64.0 Å². The number of rotatable bonds is 2. The van der Waals surface area contributed by atoms with E-state index in [1.807, 2.05) is 12.2 Å². The first-order chi connectivity index (χ1) is 22.0. The maximum Gasteiger partial charge on any atom is 0.514 e. The molecule has 10 rings (SSSR count). The zero-order valence-electron chi connectivity index (χ0n) is 26.0. The maximum absolute atomic E-state index is 13.7. The minimum atomic E-state index is -2.17. The fraction of sp³-hybridized carbons (Fsp3) is 0.629. The fourth-order valence-electron chi connectivity index (χ4n) is 11.4. The molecule has 46 heavy (non-hydrogen) atoms. The molecule has 12 atom stereocenters. The van der Waals surface area contributed by atoms with Gasteiger partial charge in [0.15, 0.2) is 11.5 Å². The summed E-state index contributed by atoms with van der Waals surface area (Å²) in [4.78, 5) is 18.4. The van der Waals surface area contributed by atoms with Crippen LogP contribution in [0.25, 0.3) is 0 Å². The van der Waals surface area contributed by atoms with Gasteiger partial charge in [0.1, 0.15) is 24.4 Å². The number of carbonyl (C=O) groups excluding carboxylic acids is 1. The standard InChI is InChI=1S/C35H40N2O9/c1-36-13-11-32-19-3-5-23(38)27(32)43-29-25(32)17(15-21(19)36)7-9-34(29,41)45-31(40)46-35(42)10-8-18-16-22-20-4-6-24(39)28-33(20,12-14-37(22)2)26(18)30(35)44-28/h3-8,19-24,27-28,38-39,41-42H,9-16H2,1-2H3/t19-,20-,21+,22+,23-,24-,27-,28-,32-,33-,34?,35?/m0/s1. The summed E-state index contributed by atoms with van der Waals surface area (Å²) >= 11 is 0. The van der Waals surface area contributed by atoms with E-state index in [1.165, 1.54) is 0 Å². The van der Waals surface area contributed by atoms with Gasteiger partial charge in [0.05, 0.1) is 0 Å². The molecule has 0 aromatic carbocycles. The lowest BCUT2D eigenvalue weighted by Crippen LogP contribution is -2.62. The molecule has 11 nitrogen and oxygen atoms in total. The van der Waals surface area contributed by atoms with E-state index in [-0.39, 0.29) is 48.3 Å². The van der Waals surface area contributed by atoms with Gasteiger partial charge < -0.3 is 49.2 Å². The zero-order valence-corrected chi connectivity index (χ0v) is 26.0. The first-order valence-electron chi connectivity index (χ1n) is 16.7. The van der Waals surface area contributed by atoms with Crippen molar-refractivity contribution >= 4 is 6.16 Å². The van der Waals surface area contributed by atoms with Crippen LogP contribution in [0.3, 0.4) is 0 Å². The Balaban J connectivity index is 0.977. The largest absolute Gasteiger partial charge is 0.514 e. The molecule has 2 spiro atoms. The minimum absolute atomic E-state index is 0.0454. The molecule has 2 saturated carbocycles. The molecular weight excluding hydrogens is 592 g/mol. The number of hydrogen-bond donors (Lipinski definition) is 4. The molecule has 6 aliphatic carbocycles. The number of nitrogens with zero attached hydrogens (tertiary/aromatic N) is 2. The molecule has 0 radical (unpaired) electrons. The number of likely N-dealkylation sites (tertiary alicyclic amines) is 2. The number of hydrogen-bond acceptors (Lipinski definition) is 11. The van der Waals surface area contributed by atoms with Crippen molar-refractivity contribution in [2.75, 3.05) is 27.2 Å². The summed E-state index contributed by atoms with van der Waals surface area (Å²) in [5.74, 6) is -3.86. The van der Waals surface area contributed by atoms with E-state index in [0.29, 0.717) is 0 Å². The number of ether oxygens (including phenoxy) is 4. The molecule has 4 bridgehead atoms. The highest BCUT2D eigenvalue weighted by molar-refractivity contribution is 5.65. The van der Waals surface area contributed by atoms with E-state index >= 15 is 0 Å². The van der Waals surface area contributed by atoms with Crippen LogP contribution in [0.4, 0.5) is 4.79 Å². The normalized spacial score (nSPS) is 50.7. The van der Waals surface area contributed by atoms with Crippen molar-refractivity contribution in [3.8, 4) is 0 Å². The summed E-state index contributed by atoms with van der Waals surface area (Å²) in [6.45, 7) is 1.63. The van der Waals surface area contributed by atoms with Crippen molar-refractivity contribution in [1.29, 1.82) is 0 Å². The highest BCUT2D eigenvalue weighted by Crippen LogP contribution is 2.67. The van der Waals surface area contributed by atoms with E-state index in [9.17, 15) is 25.2 Å². The van der Waals surface area contributed by atoms with Crippen LogP contribution in [-0.4, -0.2) is 112 Å². The Morgan fingerprint density at radius 1 is 0.761 bits per heavy atom. The Kier molecular flexibility index (Phi) is 5.35. The molecule has 4 heterocycles. The Hall–Kier alpha value is -2.93. The molecule has 10 aliphatic rings. The van der Waals surface area contributed by atoms with Gasteiger partial charge in [-0.25, -0.2) is 4.79 Å². The highest BCUT2D eigenvalue weighted by atomic mass is 16.8. The Morgan fingerprint density at radius 2 is 1.20 bits per heavy atom. The molecule has 0 amide bonds. The third kappa shape index (κ3) is 3.13. The van der Waals surface area contributed by atoms with Crippen LogP contribution in [0, 0.1) is 22.7 Å². The monoisotopic (exact) mass is 632 g/mol. The fourth-order valence-corrected chi connectivity index (χ4v) is 11.4. The molecule has 0 aromatic heterocycles. The van der Waals surface area contributed by atoms with E-state index in [0.717, 1.165) is 61.1 Å². The van der Waals surface area contributed by atoms with Crippen LogP contribution < -0.4 is 0 Å². The van der Waals surface area contributed by atoms with Crippen molar-refractivity contribution in [1.82, 2.24) is 9.80 Å². The first kappa shape index (κ1) is 28.1. The summed E-state index contributed by atoms with van der Waals surface area (Å²) in [6, 6.07) is 0.483.